The first-order valence-corrected chi connectivity index (χ1v) is 7.47. The molecule has 106 valence electrons. The maximum absolute atomic E-state index is 5.40. The number of piperidine rings is 1. The van der Waals surface area contributed by atoms with Crippen LogP contribution in [0.25, 0.3) is 0 Å². The summed E-state index contributed by atoms with van der Waals surface area (Å²) in [6.45, 7) is 12.9. The Labute approximate surface area is 117 Å². The van der Waals surface area contributed by atoms with E-state index in [0.717, 1.165) is 24.1 Å². The second-order valence-electron chi connectivity index (χ2n) is 6.53. The lowest BCUT2D eigenvalue weighted by molar-refractivity contribution is -0.925. The van der Waals surface area contributed by atoms with Crippen molar-refractivity contribution < 1.29 is 9.64 Å². The third-order valence-corrected chi connectivity index (χ3v) is 4.37. The van der Waals surface area contributed by atoms with E-state index in [1.54, 1.807) is 12.0 Å². The quantitative estimate of drug-likeness (QED) is 0.883. The summed E-state index contributed by atoms with van der Waals surface area (Å²) in [7, 11) is 1.75. The fraction of sp³-hybridized carbons (Fsp3) is 0.647. The summed E-state index contributed by atoms with van der Waals surface area (Å²) in [5, 5.41) is 0. The van der Waals surface area contributed by atoms with Crippen LogP contribution >= 0.6 is 0 Å². The molecule has 2 nitrogen and oxygen atoms in total. The van der Waals surface area contributed by atoms with Crippen LogP contribution < -0.4 is 9.64 Å². The van der Waals surface area contributed by atoms with Crippen LogP contribution in [0.2, 0.25) is 0 Å². The van der Waals surface area contributed by atoms with Crippen LogP contribution in [-0.2, 0) is 6.54 Å². The monoisotopic (exact) mass is 262 g/mol. The molecule has 1 fully saturated rings. The Morgan fingerprint density at radius 1 is 1.11 bits per heavy atom. The minimum atomic E-state index is 0.860. The van der Waals surface area contributed by atoms with Gasteiger partial charge >= 0.3 is 0 Å². The van der Waals surface area contributed by atoms with Gasteiger partial charge in [0.25, 0.3) is 0 Å². The minimum absolute atomic E-state index is 0.860. The highest BCUT2D eigenvalue weighted by molar-refractivity contribution is 5.41. The summed E-state index contributed by atoms with van der Waals surface area (Å²) in [4.78, 5) is 1.74. The Morgan fingerprint density at radius 3 is 2.32 bits per heavy atom. The number of hydrogen-bond donors (Lipinski definition) is 1. The summed E-state index contributed by atoms with van der Waals surface area (Å²) in [6, 6.07) is 4.49. The lowest BCUT2D eigenvalue weighted by atomic mass is 9.91. The van der Waals surface area contributed by atoms with Gasteiger partial charge in [0.2, 0.25) is 0 Å². The minimum Gasteiger partial charge on any atom is -0.496 e. The standard InChI is InChI=1S/C17H27NO/c1-12-6-13(2)10-18(9-12)11-16-7-15(4)17(19-5)8-14(16)3/h7-8,12-13H,6,9-11H2,1-5H3/p+1/t12-,13-/m0/s1. The molecule has 0 unspecified atom stereocenters. The van der Waals surface area contributed by atoms with Crippen molar-refractivity contribution in [3.05, 3.63) is 28.8 Å². The molecule has 19 heavy (non-hydrogen) atoms. The van der Waals surface area contributed by atoms with Crippen LogP contribution in [0.15, 0.2) is 12.1 Å². The van der Waals surface area contributed by atoms with Crippen LogP contribution in [0, 0.1) is 25.7 Å². The molecule has 1 saturated heterocycles. The number of hydrogen-bond acceptors (Lipinski definition) is 1. The molecule has 1 aromatic carbocycles. The average Bonchev–Trinajstić information content (AvgIpc) is 2.32. The van der Waals surface area contributed by atoms with Crippen molar-refractivity contribution in [2.24, 2.45) is 11.8 Å². The summed E-state index contributed by atoms with van der Waals surface area (Å²) >= 11 is 0. The first kappa shape index (κ1) is 14.4. The van der Waals surface area contributed by atoms with Gasteiger partial charge in [-0.3, -0.25) is 0 Å². The zero-order chi connectivity index (χ0) is 14.0. The first-order valence-electron chi connectivity index (χ1n) is 7.47. The molecule has 1 aromatic rings. The Kier molecular flexibility index (Phi) is 4.51. The maximum atomic E-state index is 5.40. The molecule has 0 saturated carbocycles. The molecule has 0 bridgehead atoms. The maximum Gasteiger partial charge on any atom is 0.122 e. The van der Waals surface area contributed by atoms with Crippen LogP contribution in [0.4, 0.5) is 0 Å². The lowest BCUT2D eigenvalue weighted by Crippen LogP contribution is -3.13. The number of benzene rings is 1. The topological polar surface area (TPSA) is 13.7 Å². The third-order valence-electron chi connectivity index (χ3n) is 4.37. The van der Waals surface area contributed by atoms with Gasteiger partial charge in [-0.25, -0.2) is 0 Å². The number of nitrogens with one attached hydrogen (secondary N) is 1. The number of aryl methyl sites for hydroxylation is 2. The molecule has 2 heteroatoms. The van der Waals surface area contributed by atoms with Gasteiger partial charge in [0.15, 0.2) is 0 Å². The molecule has 2 rings (SSSR count). The lowest BCUT2D eigenvalue weighted by Gasteiger charge is -2.32. The Balaban J connectivity index is 2.12. The second kappa shape index (κ2) is 5.96. The molecule has 1 aliphatic heterocycles. The van der Waals surface area contributed by atoms with Gasteiger partial charge < -0.3 is 9.64 Å². The van der Waals surface area contributed by atoms with Gasteiger partial charge in [0.1, 0.15) is 12.3 Å². The summed E-state index contributed by atoms with van der Waals surface area (Å²) in [6.07, 6.45) is 1.39. The molecule has 1 heterocycles. The van der Waals surface area contributed by atoms with Gasteiger partial charge in [0.05, 0.1) is 20.2 Å². The molecule has 0 aliphatic carbocycles. The van der Waals surface area contributed by atoms with Crippen molar-refractivity contribution >= 4 is 0 Å². The molecule has 1 N–H and O–H groups in total. The van der Waals surface area contributed by atoms with Gasteiger partial charge in [-0.1, -0.05) is 13.8 Å². The highest BCUT2D eigenvalue weighted by Gasteiger charge is 2.25. The molecule has 0 amide bonds. The van der Waals surface area contributed by atoms with Gasteiger partial charge in [-0.05, 0) is 43.5 Å². The van der Waals surface area contributed by atoms with Crippen molar-refractivity contribution in [1.82, 2.24) is 0 Å². The fourth-order valence-corrected chi connectivity index (χ4v) is 3.60. The van der Waals surface area contributed by atoms with E-state index in [2.05, 4.69) is 39.8 Å². The fourth-order valence-electron chi connectivity index (χ4n) is 3.60. The van der Waals surface area contributed by atoms with Crippen molar-refractivity contribution in [1.29, 1.82) is 0 Å². The van der Waals surface area contributed by atoms with E-state index in [0.29, 0.717) is 0 Å². The Hall–Kier alpha value is -1.02. The molecule has 2 atom stereocenters. The van der Waals surface area contributed by atoms with Crippen LogP contribution in [0.5, 0.6) is 5.75 Å². The predicted octanol–water partition coefficient (Wildman–Crippen LogP) is 2.37. The van der Waals surface area contributed by atoms with E-state index in [-0.39, 0.29) is 0 Å². The smallest absolute Gasteiger partial charge is 0.122 e. The van der Waals surface area contributed by atoms with E-state index in [1.807, 2.05) is 0 Å². The highest BCUT2D eigenvalue weighted by Crippen LogP contribution is 2.22. The van der Waals surface area contributed by atoms with Crippen molar-refractivity contribution in [2.75, 3.05) is 20.2 Å². The normalized spacial score (nSPS) is 27.3. The van der Waals surface area contributed by atoms with Gasteiger partial charge in [0, 0.05) is 17.4 Å². The number of rotatable bonds is 3. The third kappa shape index (κ3) is 3.50. The summed E-state index contributed by atoms with van der Waals surface area (Å²) in [5.41, 5.74) is 4.09. The molecule has 1 aliphatic rings. The zero-order valence-corrected chi connectivity index (χ0v) is 13.0. The van der Waals surface area contributed by atoms with Gasteiger partial charge in [-0.2, -0.15) is 0 Å². The summed E-state index contributed by atoms with van der Waals surface area (Å²) < 4.78 is 5.40. The van der Waals surface area contributed by atoms with E-state index < -0.39 is 0 Å². The Bertz CT molecular complexity index is 431. The second-order valence-corrected chi connectivity index (χ2v) is 6.53. The zero-order valence-electron chi connectivity index (χ0n) is 13.0. The largest absolute Gasteiger partial charge is 0.496 e. The molecule has 0 spiro atoms. The van der Waals surface area contributed by atoms with Crippen molar-refractivity contribution in [2.45, 2.75) is 40.7 Å². The van der Waals surface area contributed by atoms with E-state index >= 15 is 0 Å². The van der Waals surface area contributed by atoms with Crippen molar-refractivity contribution in [3.63, 3.8) is 0 Å². The van der Waals surface area contributed by atoms with E-state index in [4.69, 9.17) is 4.74 Å². The Morgan fingerprint density at radius 2 is 1.74 bits per heavy atom. The van der Waals surface area contributed by atoms with Crippen LogP contribution in [0.3, 0.4) is 0 Å². The number of methoxy groups -OCH3 is 1. The molecule has 0 radical (unpaired) electrons. The van der Waals surface area contributed by atoms with Crippen LogP contribution in [0.1, 0.15) is 37.0 Å². The van der Waals surface area contributed by atoms with E-state index in [9.17, 15) is 0 Å². The number of quaternary nitrogens is 1. The number of ether oxygens (including phenoxy) is 1. The summed E-state index contributed by atoms with van der Waals surface area (Å²) in [5.74, 6) is 2.73. The van der Waals surface area contributed by atoms with Crippen LogP contribution in [-0.4, -0.2) is 20.2 Å². The number of likely N-dealkylation sites (tertiary alicyclic amines) is 1. The SMILES string of the molecule is COc1cc(C)c(C[NH+]2C[C@@H](C)C[C@H](C)C2)cc1C. The molecular weight excluding hydrogens is 234 g/mol. The van der Waals surface area contributed by atoms with Crippen molar-refractivity contribution in [3.8, 4) is 5.75 Å². The predicted molar refractivity (Wildman–Crippen MR) is 79.8 cm³/mol. The molecular formula is C17H28NO+. The highest BCUT2D eigenvalue weighted by atomic mass is 16.5. The average molecular weight is 262 g/mol. The van der Waals surface area contributed by atoms with Gasteiger partial charge in [-0.15, -0.1) is 0 Å². The molecule has 0 aromatic heterocycles. The first-order chi connectivity index (χ1) is 8.99. The van der Waals surface area contributed by atoms with E-state index in [1.165, 1.54) is 36.2 Å².